The molecule has 1 aromatic carbocycles. The number of phenolic OH excluding ortho intramolecular Hbond substituents is 1. The Morgan fingerprint density at radius 1 is 0.700 bits per heavy atom. The Labute approximate surface area is 171 Å². The van der Waals surface area contributed by atoms with Gasteiger partial charge in [0.25, 0.3) is 0 Å². The molecule has 2 saturated heterocycles. The van der Waals surface area contributed by atoms with Crippen molar-refractivity contribution in [3.63, 3.8) is 0 Å². The second-order valence-electron chi connectivity index (χ2n) is 7.16. The van der Waals surface area contributed by atoms with Crippen LogP contribution in [0.3, 0.4) is 0 Å². The standard InChI is InChI=1S/C18H26O12/c19-5-9-11(21)13(23)15(25)17(29-9)27-6-10-12(22)14(24)16(26)18(30-10)28-8-3-1-7(20)2-4-8/h1-4,9-26H,5-6H2/t9-,10-,11-,12-,13+,14+,15-,16-,17+,18+/m1/s1. The highest BCUT2D eigenvalue weighted by atomic mass is 16.7. The van der Waals surface area contributed by atoms with Gasteiger partial charge in [0, 0.05) is 0 Å². The summed E-state index contributed by atoms with van der Waals surface area (Å²) in [5.41, 5.74) is 0. The summed E-state index contributed by atoms with van der Waals surface area (Å²) in [6.07, 6.45) is -14.9. The maximum Gasteiger partial charge on any atom is 0.229 e. The minimum absolute atomic E-state index is 0.00581. The van der Waals surface area contributed by atoms with E-state index in [0.29, 0.717) is 0 Å². The van der Waals surface area contributed by atoms with E-state index in [4.69, 9.17) is 18.9 Å². The molecular formula is C18H26O12. The van der Waals surface area contributed by atoms with Crippen molar-refractivity contribution in [3.05, 3.63) is 24.3 Å². The maximum atomic E-state index is 10.2. The average Bonchev–Trinajstić information content (AvgIpc) is 2.74. The van der Waals surface area contributed by atoms with Crippen molar-refractivity contribution in [2.24, 2.45) is 0 Å². The molecule has 3 rings (SSSR count). The van der Waals surface area contributed by atoms with Crippen molar-refractivity contribution in [2.45, 2.75) is 61.4 Å². The lowest BCUT2D eigenvalue weighted by Crippen LogP contribution is -2.62. The zero-order valence-electron chi connectivity index (χ0n) is 15.7. The molecule has 10 atom stereocenters. The fraction of sp³-hybridized carbons (Fsp3) is 0.667. The minimum Gasteiger partial charge on any atom is -0.508 e. The number of hydrogen-bond donors (Lipinski definition) is 8. The topological polar surface area (TPSA) is 199 Å². The predicted octanol–water partition coefficient (Wildman–Crippen LogP) is -3.60. The number of benzene rings is 1. The van der Waals surface area contributed by atoms with Crippen molar-refractivity contribution in [3.8, 4) is 11.5 Å². The van der Waals surface area contributed by atoms with E-state index in [1.165, 1.54) is 24.3 Å². The SMILES string of the molecule is OC[C@H]1O[C@H](OC[C@H]2O[C@H](Oc3ccc(O)cc3)[C@H](O)[C@@H](O)[C@@H]2O)[C@H](O)[C@@H](O)[C@@H]1O. The van der Waals surface area contributed by atoms with Crippen LogP contribution < -0.4 is 4.74 Å². The molecule has 12 nitrogen and oxygen atoms in total. The Morgan fingerprint density at radius 3 is 1.83 bits per heavy atom. The molecule has 30 heavy (non-hydrogen) atoms. The Balaban J connectivity index is 1.63. The molecule has 2 aliphatic rings. The van der Waals surface area contributed by atoms with Gasteiger partial charge in [-0.05, 0) is 24.3 Å². The average molecular weight is 434 g/mol. The third-order valence-electron chi connectivity index (χ3n) is 5.03. The smallest absolute Gasteiger partial charge is 0.229 e. The third-order valence-corrected chi connectivity index (χ3v) is 5.03. The summed E-state index contributed by atoms with van der Waals surface area (Å²) in [5, 5.41) is 78.5. The van der Waals surface area contributed by atoms with Crippen LogP contribution in [0.4, 0.5) is 0 Å². The predicted molar refractivity (Wildman–Crippen MR) is 95.1 cm³/mol. The minimum atomic E-state index is -1.65. The highest BCUT2D eigenvalue weighted by molar-refractivity contribution is 5.30. The lowest BCUT2D eigenvalue weighted by Gasteiger charge is -2.42. The van der Waals surface area contributed by atoms with E-state index < -0.39 is 74.6 Å². The Kier molecular flexibility index (Phi) is 7.47. The fourth-order valence-corrected chi connectivity index (χ4v) is 3.21. The van der Waals surface area contributed by atoms with Crippen LogP contribution in [0.5, 0.6) is 11.5 Å². The zero-order chi connectivity index (χ0) is 22.0. The van der Waals surface area contributed by atoms with Crippen molar-refractivity contribution in [1.29, 1.82) is 0 Å². The quantitative estimate of drug-likeness (QED) is 0.219. The van der Waals surface area contributed by atoms with Gasteiger partial charge < -0.3 is 59.8 Å². The number of aliphatic hydroxyl groups excluding tert-OH is 7. The molecule has 0 aliphatic carbocycles. The summed E-state index contributed by atoms with van der Waals surface area (Å²) in [6, 6.07) is 5.50. The molecule has 0 unspecified atom stereocenters. The van der Waals surface area contributed by atoms with Crippen LogP contribution in [0, 0.1) is 0 Å². The van der Waals surface area contributed by atoms with Gasteiger partial charge >= 0.3 is 0 Å². The van der Waals surface area contributed by atoms with Crippen LogP contribution in [0.1, 0.15) is 0 Å². The summed E-state index contributed by atoms with van der Waals surface area (Å²) in [6.45, 7) is -1.09. The molecule has 0 aromatic heterocycles. The lowest BCUT2D eigenvalue weighted by molar-refractivity contribution is -0.323. The Bertz CT molecular complexity index is 670. The Morgan fingerprint density at radius 2 is 1.23 bits per heavy atom. The van der Waals surface area contributed by atoms with Crippen molar-refractivity contribution in [2.75, 3.05) is 13.2 Å². The molecule has 0 amide bonds. The van der Waals surface area contributed by atoms with E-state index >= 15 is 0 Å². The van der Waals surface area contributed by atoms with E-state index in [9.17, 15) is 40.9 Å². The highest BCUT2D eigenvalue weighted by Gasteiger charge is 2.47. The molecule has 170 valence electrons. The first kappa shape index (κ1) is 23.1. The number of phenols is 1. The first-order chi connectivity index (χ1) is 14.2. The molecule has 0 radical (unpaired) electrons. The monoisotopic (exact) mass is 434 g/mol. The maximum absolute atomic E-state index is 10.2. The summed E-state index contributed by atoms with van der Waals surface area (Å²) in [7, 11) is 0. The molecule has 8 N–H and O–H groups in total. The first-order valence-electron chi connectivity index (χ1n) is 9.30. The second-order valence-corrected chi connectivity index (χ2v) is 7.16. The number of aliphatic hydroxyl groups is 7. The van der Waals surface area contributed by atoms with E-state index in [1.807, 2.05) is 0 Å². The van der Waals surface area contributed by atoms with Gasteiger partial charge in [0.2, 0.25) is 6.29 Å². The summed E-state index contributed by atoms with van der Waals surface area (Å²) < 4.78 is 21.5. The zero-order valence-corrected chi connectivity index (χ0v) is 15.7. The van der Waals surface area contributed by atoms with Crippen molar-refractivity contribution in [1.82, 2.24) is 0 Å². The summed E-state index contributed by atoms with van der Waals surface area (Å²) in [4.78, 5) is 0. The molecule has 2 aliphatic heterocycles. The molecule has 1 aromatic rings. The summed E-state index contributed by atoms with van der Waals surface area (Å²) >= 11 is 0. The first-order valence-corrected chi connectivity index (χ1v) is 9.30. The van der Waals surface area contributed by atoms with Crippen molar-refractivity contribution >= 4 is 0 Å². The van der Waals surface area contributed by atoms with E-state index in [2.05, 4.69) is 0 Å². The van der Waals surface area contributed by atoms with Crippen LogP contribution in [-0.2, 0) is 14.2 Å². The van der Waals surface area contributed by atoms with Crippen LogP contribution >= 0.6 is 0 Å². The van der Waals surface area contributed by atoms with Gasteiger partial charge in [0.05, 0.1) is 13.2 Å². The molecule has 0 saturated carbocycles. The lowest BCUT2D eigenvalue weighted by atomic mass is 9.98. The van der Waals surface area contributed by atoms with E-state index in [1.54, 1.807) is 0 Å². The summed E-state index contributed by atoms with van der Waals surface area (Å²) in [5.74, 6) is 0.211. The fourth-order valence-electron chi connectivity index (χ4n) is 3.21. The molecular weight excluding hydrogens is 408 g/mol. The second kappa shape index (κ2) is 9.70. The number of ether oxygens (including phenoxy) is 4. The van der Waals surface area contributed by atoms with Gasteiger partial charge in [-0.2, -0.15) is 0 Å². The van der Waals surface area contributed by atoms with Crippen LogP contribution in [0.25, 0.3) is 0 Å². The van der Waals surface area contributed by atoms with Gasteiger partial charge in [0.15, 0.2) is 6.29 Å². The third kappa shape index (κ3) is 4.84. The Hall–Kier alpha value is -1.58. The number of rotatable bonds is 6. The number of aromatic hydroxyl groups is 1. The van der Waals surface area contributed by atoms with Gasteiger partial charge in [-0.15, -0.1) is 0 Å². The van der Waals surface area contributed by atoms with Crippen LogP contribution in [0.2, 0.25) is 0 Å². The van der Waals surface area contributed by atoms with E-state index in [0.717, 1.165) is 0 Å². The number of hydrogen-bond acceptors (Lipinski definition) is 12. The van der Waals surface area contributed by atoms with Gasteiger partial charge in [-0.1, -0.05) is 0 Å². The van der Waals surface area contributed by atoms with Crippen molar-refractivity contribution < 1.29 is 59.8 Å². The normalized spacial score (nSPS) is 42.1. The van der Waals surface area contributed by atoms with Gasteiger partial charge in [0.1, 0.15) is 60.3 Å². The van der Waals surface area contributed by atoms with Crippen LogP contribution in [-0.4, -0.2) is 115 Å². The van der Waals surface area contributed by atoms with Crippen LogP contribution in [0.15, 0.2) is 24.3 Å². The van der Waals surface area contributed by atoms with E-state index in [-0.39, 0.29) is 11.5 Å². The molecule has 2 heterocycles. The molecule has 12 heteroatoms. The molecule has 0 bridgehead atoms. The van der Waals surface area contributed by atoms with Gasteiger partial charge in [-0.3, -0.25) is 0 Å². The molecule has 2 fully saturated rings. The van der Waals surface area contributed by atoms with Gasteiger partial charge in [-0.25, -0.2) is 0 Å². The highest BCUT2D eigenvalue weighted by Crippen LogP contribution is 2.27. The largest absolute Gasteiger partial charge is 0.508 e. The molecule has 0 spiro atoms.